The molecule has 0 saturated heterocycles. The molecule has 0 bridgehead atoms. The minimum absolute atomic E-state index is 0.0257. The van der Waals surface area contributed by atoms with Crippen LogP contribution in [0.2, 0.25) is 0 Å². The Bertz CT molecular complexity index is 848. The SMILES string of the molecule is CS(=O)(=O)c1cc(C(=O)c2ccc(F)c(F)c2)ccc1CBr. The molecule has 3 nitrogen and oxygen atoms in total. The molecule has 0 heterocycles. The van der Waals surface area contributed by atoms with Crippen LogP contribution in [0.15, 0.2) is 41.3 Å². The molecule has 0 unspecified atom stereocenters. The standard InChI is InChI=1S/C15H11BrF2O3S/c1-22(20,21)14-7-10(2-3-11(14)8-16)15(19)9-4-5-12(17)13(18)6-9/h2-7H,8H2,1H3. The summed E-state index contributed by atoms with van der Waals surface area (Å²) >= 11 is 3.18. The highest BCUT2D eigenvalue weighted by atomic mass is 79.9. The van der Waals surface area contributed by atoms with Gasteiger partial charge in [0.1, 0.15) is 0 Å². The first-order chi connectivity index (χ1) is 10.2. The van der Waals surface area contributed by atoms with Crippen molar-refractivity contribution in [3.05, 3.63) is 64.7 Å². The molecule has 7 heteroatoms. The van der Waals surface area contributed by atoms with E-state index in [1.54, 1.807) is 0 Å². The zero-order valence-electron chi connectivity index (χ0n) is 11.4. The van der Waals surface area contributed by atoms with Crippen LogP contribution in [0.5, 0.6) is 0 Å². The molecular weight excluding hydrogens is 378 g/mol. The summed E-state index contributed by atoms with van der Waals surface area (Å²) in [5.41, 5.74) is 0.561. The number of benzene rings is 2. The van der Waals surface area contributed by atoms with Gasteiger partial charge in [-0.2, -0.15) is 0 Å². The van der Waals surface area contributed by atoms with Gasteiger partial charge in [0.25, 0.3) is 0 Å². The molecule has 0 aliphatic rings. The average Bonchev–Trinajstić information content (AvgIpc) is 2.47. The summed E-state index contributed by atoms with van der Waals surface area (Å²) in [6.07, 6.45) is 1.04. The first kappa shape index (κ1) is 16.8. The number of carbonyl (C=O) groups is 1. The second-order valence-corrected chi connectivity index (χ2v) is 7.23. The van der Waals surface area contributed by atoms with Gasteiger partial charge in [-0.1, -0.05) is 28.1 Å². The van der Waals surface area contributed by atoms with E-state index in [0.29, 0.717) is 10.9 Å². The summed E-state index contributed by atoms with van der Waals surface area (Å²) in [6.45, 7) is 0. The Morgan fingerprint density at radius 2 is 1.64 bits per heavy atom. The Hall–Kier alpha value is -1.60. The number of hydrogen-bond donors (Lipinski definition) is 0. The molecule has 0 aliphatic heterocycles. The number of hydrogen-bond acceptors (Lipinski definition) is 3. The van der Waals surface area contributed by atoms with Crippen molar-refractivity contribution in [2.75, 3.05) is 6.26 Å². The minimum Gasteiger partial charge on any atom is -0.289 e. The maximum Gasteiger partial charge on any atom is 0.193 e. The molecule has 2 aromatic rings. The molecule has 0 radical (unpaired) electrons. The minimum atomic E-state index is -3.51. The third kappa shape index (κ3) is 3.41. The summed E-state index contributed by atoms with van der Waals surface area (Å²) in [4.78, 5) is 12.3. The van der Waals surface area contributed by atoms with Crippen LogP contribution in [0.4, 0.5) is 8.78 Å². The summed E-state index contributed by atoms with van der Waals surface area (Å²) in [5.74, 6) is -2.76. The van der Waals surface area contributed by atoms with Crippen molar-refractivity contribution in [1.29, 1.82) is 0 Å². The van der Waals surface area contributed by atoms with Gasteiger partial charge in [-0.05, 0) is 29.8 Å². The van der Waals surface area contributed by atoms with Gasteiger partial charge >= 0.3 is 0 Å². The van der Waals surface area contributed by atoms with Crippen molar-refractivity contribution in [3.8, 4) is 0 Å². The monoisotopic (exact) mass is 388 g/mol. The first-order valence-electron chi connectivity index (χ1n) is 6.12. The van der Waals surface area contributed by atoms with Crippen molar-refractivity contribution < 1.29 is 22.0 Å². The molecular formula is C15H11BrF2O3S. The van der Waals surface area contributed by atoms with Crippen molar-refractivity contribution in [1.82, 2.24) is 0 Å². The zero-order chi connectivity index (χ0) is 16.5. The highest BCUT2D eigenvalue weighted by molar-refractivity contribution is 9.08. The van der Waals surface area contributed by atoms with E-state index in [0.717, 1.165) is 24.5 Å². The molecule has 0 amide bonds. The van der Waals surface area contributed by atoms with Crippen LogP contribution < -0.4 is 0 Å². The van der Waals surface area contributed by atoms with Crippen LogP contribution in [-0.2, 0) is 15.2 Å². The smallest absolute Gasteiger partial charge is 0.193 e. The quantitative estimate of drug-likeness (QED) is 0.594. The topological polar surface area (TPSA) is 51.2 Å². The van der Waals surface area contributed by atoms with E-state index in [2.05, 4.69) is 15.9 Å². The molecule has 0 N–H and O–H groups in total. The Morgan fingerprint density at radius 3 is 2.18 bits per heavy atom. The number of rotatable bonds is 4. The van der Waals surface area contributed by atoms with Gasteiger partial charge in [0, 0.05) is 22.7 Å². The molecule has 0 aliphatic carbocycles. The summed E-state index contributed by atoms with van der Waals surface area (Å²) in [5, 5.41) is 0.315. The lowest BCUT2D eigenvalue weighted by atomic mass is 10.0. The van der Waals surface area contributed by atoms with Gasteiger partial charge < -0.3 is 0 Å². The third-order valence-corrected chi connectivity index (χ3v) is 4.84. The summed E-state index contributed by atoms with van der Waals surface area (Å²) in [7, 11) is -3.51. The molecule has 22 heavy (non-hydrogen) atoms. The molecule has 2 rings (SSSR count). The summed E-state index contributed by atoms with van der Waals surface area (Å²) in [6, 6.07) is 7.00. The van der Waals surface area contributed by atoms with E-state index in [4.69, 9.17) is 0 Å². The van der Waals surface area contributed by atoms with Crippen molar-refractivity contribution in [2.24, 2.45) is 0 Å². The fourth-order valence-electron chi connectivity index (χ4n) is 1.96. The lowest BCUT2D eigenvalue weighted by molar-refractivity contribution is 0.103. The predicted molar refractivity (Wildman–Crippen MR) is 82.0 cm³/mol. The normalized spacial score (nSPS) is 11.5. The van der Waals surface area contributed by atoms with Gasteiger partial charge in [-0.3, -0.25) is 4.79 Å². The van der Waals surface area contributed by atoms with Crippen LogP contribution >= 0.6 is 15.9 Å². The predicted octanol–water partition coefficient (Wildman–Crippen LogP) is 3.49. The summed E-state index contributed by atoms with van der Waals surface area (Å²) < 4.78 is 49.7. The lowest BCUT2D eigenvalue weighted by Crippen LogP contribution is -2.07. The fourth-order valence-corrected chi connectivity index (χ4v) is 3.59. The molecule has 0 fully saturated rings. The maximum atomic E-state index is 13.2. The van der Waals surface area contributed by atoms with E-state index in [1.807, 2.05) is 0 Å². The van der Waals surface area contributed by atoms with Crippen LogP contribution in [0.25, 0.3) is 0 Å². The molecule has 2 aromatic carbocycles. The molecule has 0 saturated carbocycles. The van der Waals surface area contributed by atoms with Crippen LogP contribution in [0.1, 0.15) is 21.5 Å². The Labute approximate surface area is 135 Å². The number of ketones is 1. The van der Waals surface area contributed by atoms with E-state index in [-0.39, 0.29) is 16.0 Å². The zero-order valence-corrected chi connectivity index (χ0v) is 13.8. The first-order valence-corrected chi connectivity index (χ1v) is 9.14. The van der Waals surface area contributed by atoms with Gasteiger partial charge in [0.05, 0.1) is 4.90 Å². The van der Waals surface area contributed by atoms with Crippen LogP contribution in [0, 0.1) is 11.6 Å². The number of carbonyl (C=O) groups excluding carboxylic acids is 1. The molecule has 116 valence electrons. The van der Waals surface area contributed by atoms with E-state index in [9.17, 15) is 22.0 Å². The van der Waals surface area contributed by atoms with Crippen molar-refractivity contribution in [2.45, 2.75) is 10.2 Å². The van der Waals surface area contributed by atoms with E-state index < -0.39 is 27.3 Å². The van der Waals surface area contributed by atoms with Crippen molar-refractivity contribution in [3.63, 3.8) is 0 Å². The number of alkyl halides is 1. The van der Waals surface area contributed by atoms with Gasteiger partial charge in [0.2, 0.25) is 0 Å². The van der Waals surface area contributed by atoms with Crippen LogP contribution in [-0.4, -0.2) is 20.5 Å². The molecule has 0 atom stereocenters. The fraction of sp³-hybridized carbons (Fsp3) is 0.133. The Balaban J connectivity index is 2.53. The lowest BCUT2D eigenvalue weighted by Gasteiger charge is -2.08. The molecule has 0 spiro atoms. The van der Waals surface area contributed by atoms with Gasteiger partial charge in [0.15, 0.2) is 27.3 Å². The van der Waals surface area contributed by atoms with E-state index in [1.165, 1.54) is 18.2 Å². The maximum absolute atomic E-state index is 13.2. The van der Waals surface area contributed by atoms with Gasteiger partial charge in [-0.15, -0.1) is 0 Å². The second kappa shape index (κ2) is 6.26. The highest BCUT2D eigenvalue weighted by Gasteiger charge is 2.18. The number of halogens is 3. The third-order valence-electron chi connectivity index (χ3n) is 3.05. The van der Waals surface area contributed by atoms with Crippen LogP contribution in [0.3, 0.4) is 0 Å². The number of sulfone groups is 1. The highest BCUT2D eigenvalue weighted by Crippen LogP contribution is 2.22. The molecule has 0 aromatic heterocycles. The second-order valence-electron chi connectivity index (χ2n) is 4.69. The van der Waals surface area contributed by atoms with Gasteiger partial charge in [-0.25, -0.2) is 17.2 Å². The Kier molecular flexibility index (Phi) is 4.77. The van der Waals surface area contributed by atoms with Crippen molar-refractivity contribution >= 4 is 31.6 Å². The largest absolute Gasteiger partial charge is 0.289 e. The average molecular weight is 389 g/mol. The Morgan fingerprint density at radius 1 is 1.05 bits per heavy atom. The van der Waals surface area contributed by atoms with E-state index >= 15 is 0 Å².